The largest absolute Gasteiger partial charge is 0.340 e. The van der Waals surface area contributed by atoms with Crippen molar-refractivity contribution >= 4 is 29.1 Å². The molecule has 0 bridgehead atoms. The highest BCUT2D eigenvalue weighted by Gasteiger charge is 2.19. The topological polar surface area (TPSA) is 36.1 Å². The van der Waals surface area contributed by atoms with Gasteiger partial charge in [-0.25, -0.2) is 0 Å². The molecule has 1 amide bonds. The molecule has 94 valence electrons. The Morgan fingerprint density at radius 1 is 1.12 bits per heavy atom. The lowest BCUT2D eigenvalue weighted by Crippen LogP contribution is -2.34. The first-order valence-corrected chi connectivity index (χ1v) is 6.77. The minimum Gasteiger partial charge on any atom is -0.340 e. The third-order valence-corrected chi connectivity index (χ3v) is 3.79. The maximum Gasteiger partial charge on any atom is 0.270 e. The van der Waals surface area contributed by atoms with Crippen molar-refractivity contribution in [1.29, 1.82) is 0 Å². The summed E-state index contributed by atoms with van der Waals surface area (Å²) < 4.78 is 0. The van der Waals surface area contributed by atoms with Crippen LogP contribution in [0.3, 0.4) is 0 Å². The van der Waals surface area contributed by atoms with Crippen LogP contribution in [0.15, 0.2) is 6.07 Å². The second-order valence-electron chi connectivity index (χ2n) is 4.40. The van der Waals surface area contributed by atoms with E-state index in [0.29, 0.717) is 15.9 Å². The van der Waals surface area contributed by atoms with Crippen LogP contribution < -0.4 is 0 Å². The molecule has 1 aliphatic heterocycles. The van der Waals surface area contributed by atoms with E-state index in [9.17, 15) is 4.79 Å². The molecule has 1 saturated heterocycles. The zero-order chi connectivity index (χ0) is 12.3. The van der Waals surface area contributed by atoms with E-state index in [1.807, 2.05) is 4.90 Å². The number of aromatic amines is 1. The van der Waals surface area contributed by atoms with Gasteiger partial charge in [0.25, 0.3) is 5.91 Å². The molecule has 0 atom stereocenters. The average molecular weight is 275 g/mol. The summed E-state index contributed by atoms with van der Waals surface area (Å²) in [4.78, 5) is 16.9. The highest BCUT2D eigenvalue weighted by atomic mass is 35.5. The van der Waals surface area contributed by atoms with Gasteiger partial charge < -0.3 is 9.88 Å². The van der Waals surface area contributed by atoms with Gasteiger partial charge in [0.15, 0.2) is 0 Å². The van der Waals surface area contributed by atoms with E-state index >= 15 is 0 Å². The lowest BCUT2D eigenvalue weighted by Gasteiger charge is -2.24. The standard InChI is InChI=1S/C12H16Cl2N2O/c13-9-8-10(15-11(9)14)12(17)16-6-4-2-1-3-5-7-16/h8,15H,1-7H2. The Morgan fingerprint density at radius 3 is 2.24 bits per heavy atom. The van der Waals surface area contributed by atoms with Gasteiger partial charge in [-0.1, -0.05) is 42.5 Å². The summed E-state index contributed by atoms with van der Waals surface area (Å²) in [5.74, 6) is 0.000648. The van der Waals surface area contributed by atoms with E-state index in [1.165, 1.54) is 19.3 Å². The van der Waals surface area contributed by atoms with Crippen LogP contribution in [0.4, 0.5) is 0 Å². The molecule has 1 fully saturated rings. The van der Waals surface area contributed by atoms with Crippen molar-refractivity contribution < 1.29 is 4.79 Å². The number of nitrogens with one attached hydrogen (secondary N) is 1. The predicted octanol–water partition coefficient (Wildman–Crippen LogP) is 3.73. The van der Waals surface area contributed by atoms with E-state index in [-0.39, 0.29) is 5.91 Å². The van der Waals surface area contributed by atoms with E-state index in [1.54, 1.807) is 6.07 Å². The first-order valence-electron chi connectivity index (χ1n) is 6.02. The molecule has 2 rings (SSSR count). The molecule has 5 heteroatoms. The number of amides is 1. The van der Waals surface area contributed by atoms with Crippen molar-refractivity contribution in [2.24, 2.45) is 0 Å². The minimum absolute atomic E-state index is 0.000648. The van der Waals surface area contributed by atoms with Gasteiger partial charge in [0, 0.05) is 13.1 Å². The van der Waals surface area contributed by atoms with Crippen molar-refractivity contribution in [3.63, 3.8) is 0 Å². The molecule has 0 unspecified atom stereocenters. The van der Waals surface area contributed by atoms with Gasteiger partial charge >= 0.3 is 0 Å². The Labute approximate surface area is 111 Å². The van der Waals surface area contributed by atoms with Crippen LogP contribution >= 0.6 is 23.2 Å². The first kappa shape index (κ1) is 12.8. The van der Waals surface area contributed by atoms with Gasteiger partial charge in [0.2, 0.25) is 0 Å². The molecule has 1 aliphatic rings. The maximum atomic E-state index is 12.2. The fraction of sp³-hybridized carbons (Fsp3) is 0.583. The Hall–Kier alpha value is -0.670. The van der Waals surface area contributed by atoms with Crippen LogP contribution in [0, 0.1) is 0 Å². The molecule has 3 nitrogen and oxygen atoms in total. The Balaban J connectivity index is 2.06. The van der Waals surface area contributed by atoms with E-state index in [0.717, 1.165) is 25.9 Å². The Bertz CT molecular complexity index is 376. The van der Waals surface area contributed by atoms with Crippen LogP contribution in [0.1, 0.15) is 42.6 Å². The highest BCUT2D eigenvalue weighted by Crippen LogP contribution is 2.23. The van der Waals surface area contributed by atoms with Crippen LogP contribution in [-0.2, 0) is 0 Å². The van der Waals surface area contributed by atoms with Crippen molar-refractivity contribution in [3.05, 3.63) is 21.9 Å². The van der Waals surface area contributed by atoms with Gasteiger partial charge in [0.05, 0.1) is 5.02 Å². The number of rotatable bonds is 1. The number of carbonyl (C=O) groups excluding carboxylic acids is 1. The first-order chi connectivity index (χ1) is 8.18. The second kappa shape index (κ2) is 5.78. The molecular weight excluding hydrogens is 259 g/mol. The van der Waals surface area contributed by atoms with Crippen molar-refractivity contribution in [2.45, 2.75) is 32.1 Å². The molecule has 1 aromatic rings. The minimum atomic E-state index is 0.000648. The summed E-state index contributed by atoms with van der Waals surface area (Å²) in [7, 11) is 0. The van der Waals surface area contributed by atoms with Gasteiger partial charge in [0.1, 0.15) is 10.8 Å². The zero-order valence-electron chi connectivity index (χ0n) is 9.64. The number of hydrogen-bond donors (Lipinski definition) is 1. The number of carbonyl (C=O) groups is 1. The van der Waals surface area contributed by atoms with Gasteiger partial charge in [-0.3, -0.25) is 4.79 Å². The van der Waals surface area contributed by atoms with Crippen molar-refractivity contribution in [3.8, 4) is 0 Å². The zero-order valence-corrected chi connectivity index (χ0v) is 11.2. The summed E-state index contributed by atoms with van der Waals surface area (Å²) >= 11 is 11.6. The number of hydrogen-bond acceptors (Lipinski definition) is 1. The summed E-state index contributed by atoms with van der Waals surface area (Å²) in [5.41, 5.74) is 0.487. The third-order valence-electron chi connectivity index (χ3n) is 3.10. The maximum absolute atomic E-state index is 12.2. The number of H-pyrrole nitrogens is 1. The lowest BCUT2D eigenvalue weighted by atomic mass is 10.1. The molecule has 0 spiro atoms. The van der Waals surface area contributed by atoms with E-state index in [4.69, 9.17) is 23.2 Å². The van der Waals surface area contributed by atoms with E-state index in [2.05, 4.69) is 4.98 Å². The Morgan fingerprint density at radius 2 is 1.71 bits per heavy atom. The summed E-state index contributed by atoms with van der Waals surface area (Å²) in [5, 5.41) is 0.740. The van der Waals surface area contributed by atoms with Crippen molar-refractivity contribution in [2.75, 3.05) is 13.1 Å². The predicted molar refractivity (Wildman–Crippen MR) is 69.8 cm³/mol. The number of nitrogens with zero attached hydrogens (tertiary/aromatic N) is 1. The van der Waals surface area contributed by atoms with Crippen LogP contribution in [0.25, 0.3) is 0 Å². The number of likely N-dealkylation sites (tertiary alicyclic amines) is 1. The van der Waals surface area contributed by atoms with Gasteiger partial charge in [-0.15, -0.1) is 0 Å². The normalized spacial score (nSPS) is 17.6. The number of halogens is 2. The lowest BCUT2D eigenvalue weighted by molar-refractivity contribution is 0.0737. The third kappa shape index (κ3) is 3.17. The second-order valence-corrected chi connectivity index (χ2v) is 5.19. The van der Waals surface area contributed by atoms with Crippen molar-refractivity contribution in [1.82, 2.24) is 9.88 Å². The van der Waals surface area contributed by atoms with E-state index < -0.39 is 0 Å². The van der Waals surface area contributed by atoms with Crippen LogP contribution in [0.2, 0.25) is 10.2 Å². The monoisotopic (exact) mass is 274 g/mol. The fourth-order valence-corrected chi connectivity index (χ4v) is 2.45. The van der Waals surface area contributed by atoms with Gasteiger partial charge in [-0.2, -0.15) is 0 Å². The summed E-state index contributed by atoms with van der Waals surface area (Å²) in [6, 6.07) is 1.60. The molecule has 2 heterocycles. The SMILES string of the molecule is O=C(c1cc(Cl)c(Cl)[nH]1)N1CCCCCCC1. The number of aromatic nitrogens is 1. The smallest absolute Gasteiger partial charge is 0.270 e. The molecule has 0 aromatic carbocycles. The summed E-state index contributed by atoms with van der Waals surface area (Å²) in [6.07, 6.45) is 5.84. The molecule has 17 heavy (non-hydrogen) atoms. The summed E-state index contributed by atoms with van der Waals surface area (Å²) in [6.45, 7) is 1.65. The molecule has 0 saturated carbocycles. The molecular formula is C12H16Cl2N2O. The molecule has 1 N–H and O–H groups in total. The van der Waals surface area contributed by atoms with Crippen LogP contribution in [-0.4, -0.2) is 28.9 Å². The molecule has 0 radical (unpaired) electrons. The molecule has 1 aromatic heterocycles. The average Bonchev–Trinajstić information content (AvgIpc) is 2.58. The quantitative estimate of drug-likeness (QED) is 0.833. The van der Waals surface area contributed by atoms with Crippen LogP contribution in [0.5, 0.6) is 0 Å². The highest BCUT2D eigenvalue weighted by molar-refractivity contribution is 6.41. The van der Waals surface area contributed by atoms with Gasteiger partial charge in [-0.05, 0) is 18.9 Å². The fourth-order valence-electron chi connectivity index (χ4n) is 2.14. The Kier molecular flexibility index (Phi) is 4.35. The molecule has 0 aliphatic carbocycles.